The molecule has 0 radical (unpaired) electrons. The number of nitrogens with one attached hydrogen (secondary N) is 1. The van der Waals surface area contributed by atoms with Crippen molar-refractivity contribution in [3.05, 3.63) is 59.7 Å². The van der Waals surface area contributed by atoms with E-state index in [0.29, 0.717) is 6.04 Å². The van der Waals surface area contributed by atoms with Crippen molar-refractivity contribution >= 4 is 5.91 Å². The largest absolute Gasteiger partial charge is 0.352 e. The zero-order valence-corrected chi connectivity index (χ0v) is 14.9. The van der Waals surface area contributed by atoms with E-state index in [2.05, 4.69) is 65.7 Å². The predicted molar refractivity (Wildman–Crippen MR) is 101 cm³/mol. The molecule has 1 saturated heterocycles. The van der Waals surface area contributed by atoms with E-state index in [1.165, 1.54) is 22.3 Å². The Morgan fingerprint density at radius 3 is 2.76 bits per heavy atom. The zero-order chi connectivity index (χ0) is 17.2. The molecule has 2 aromatic carbocycles. The van der Waals surface area contributed by atoms with Crippen LogP contribution in [0.3, 0.4) is 0 Å². The summed E-state index contributed by atoms with van der Waals surface area (Å²) in [5.74, 6) is 0.232. The Bertz CT molecular complexity index is 766. The second kappa shape index (κ2) is 7.01. The maximum Gasteiger partial charge on any atom is 0.237 e. The van der Waals surface area contributed by atoms with Gasteiger partial charge in [-0.2, -0.15) is 0 Å². The molecule has 0 unspecified atom stereocenters. The number of nitrogens with zero attached hydrogens (tertiary/aromatic N) is 1. The molecular formula is C22H26N2O. The van der Waals surface area contributed by atoms with Gasteiger partial charge in [-0.3, -0.25) is 9.69 Å². The summed E-state index contributed by atoms with van der Waals surface area (Å²) in [6, 6.07) is 17.7. The summed E-state index contributed by atoms with van der Waals surface area (Å²) in [4.78, 5) is 14.8. The van der Waals surface area contributed by atoms with Crippen LogP contribution in [0.1, 0.15) is 36.8 Å². The van der Waals surface area contributed by atoms with E-state index in [4.69, 9.17) is 0 Å². The number of carbonyl (C=O) groups is 1. The predicted octanol–water partition coefficient (Wildman–Crippen LogP) is 3.91. The lowest BCUT2D eigenvalue weighted by Gasteiger charge is -2.24. The average Bonchev–Trinajstić information content (AvgIpc) is 3.31. The van der Waals surface area contributed by atoms with Crippen LogP contribution in [0.15, 0.2) is 48.5 Å². The first kappa shape index (κ1) is 16.3. The highest BCUT2D eigenvalue weighted by Gasteiger charge is 2.33. The smallest absolute Gasteiger partial charge is 0.237 e. The molecule has 4 rings (SSSR count). The van der Waals surface area contributed by atoms with E-state index in [0.717, 1.165) is 38.8 Å². The average molecular weight is 334 g/mol. The normalized spacial score (nSPS) is 20.6. The summed E-state index contributed by atoms with van der Waals surface area (Å²) in [5.41, 5.74) is 5.12. The lowest BCUT2D eigenvalue weighted by molar-refractivity contribution is -0.125. The van der Waals surface area contributed by atoms with Gasteiger partial charge in [-0.25, -0.2) is 0 Å². The Kier molecular flexibility index (Phi) is 4.58. The topological polar surface area (TPSA) is 32.3 Å². The van der Waals surface area contributed by atoms with Crippen LogP contribution in [0.2, 0.25) is 0 Å². The van der Waals surface area contributed by atoms with Crippen molar-refractivity contribution in [3.63, 3.8) is 0 Å². The molecule has 0 spiro atoms. The number of carbonyl (C=O) groups excluding carboxylic acids is 1. The van der Waals surface area contributed by atoms with Crippen LogP contribution < -0.4 is 5.32 Å². The Balaban J connectivity index is 1.49. The van der Waals surface area contributed by atoms with E-state index < -0.39 is 0 Å². The Morgan fingerprint density at radius 1 is 1.12 bits per heavy atom. The van der Waals surface area contributed by atoms with Gasteiger partial charge in [0, 0.05) is 12.6 Å². The van der Waals surface area contributed by atoms with E-state index >= 15 is 0 Å². The third-order valence-electron chi connectivity index (χ3n) is 5.36. The highest BCUT2D eigenvalue weighted by atomic mass is 16.2. The summed E-state index contributed by atoms with van der Waals surface area (Å²) >= 11 is 0. The van der Waals surface area contributed by atoms with E-state index in [9.17, 15) is 4.79 Å². The summed E-state index contributed by atoms with van der Waals surface area (Å²) in [6.07, 6.45) is 4.39. The first-order valence-electron chi connectivity index (χ1n) is 9.40. The molecule has 0 bridgehead atoms. The van der Waals surface area contributed by atoms with Crippen molar-refractivity contribution in [2.24, 2.45) is 0 Å². The molecule has 1 amide bonds. The van der Waals surface area contributed by atoms with Gasteiger partial charge in [0.1, 0.15) is 0 Å². The monoisotopic (exact) mass is 334 g/mol. The molecule has 1 aliphatic heterocycles. The van der Waals surface area contributed by atoms with Gasteiger partial charge >= 0.3 is 0 Å². The fraction of sp³-hybridized carbons (Fsp3) is 0.409. The molecule has 2 aromatic rings. The SMILES string of the molecule is Cc1ccccc1-c1cccc(CN2CCC[C@@H]2C(=O)NC2CC2)c1. The Hall–Kier alpha value is -2.13. The maximum absolute atomic E-state index is 12.5. The molecule has 2 fully saturated rings. The highest BCUT2D eigenvalue weighted by Crippen LogP contribution is 2.27. The molecule has 2 aliphatic rings. The third-order valence-corrected chi connectivity index (χ3v) is 5.36. The van der Waals surface area contributed by atoms with Gasteiger partial charge in [0.2, 0.25) is 5.91 Å². The number of rotatable bonds is 5. The van der Waals surface area contributed by atoms with Gasteiger partial charge in [-0.05, 0) is 67.5 Å². The van der Waals surface area contributed by atoms with Crippen LogP contribution in [-0.4, -0.2) is 29.4 Å². The number of likely N-dealkylation sites (tertiary alicyclic amines) is 1. The van der Waals surface area contributed by atoms with Crippen LogP contribution in [0, 0.1) is 6.92 Å². The molecule has 1 heterocycles. The van der Waals surface area contributed by atoms with Crippen LogP contribution in [0.4, 0.5) is 0 Å². The second-order valence-electron chi connectivity index (χ2n) is 7.43. The van der Waals surface area contributed by atoms with Gasteiger partial charge in [-0.1, -0.05) is 42.5 Å². The van der Waals surface area contributed by atoms with Crippen molar-refractivity contribution in [2.45, 2.75) is 51.2 Å². The molecule has 3 heteroatoms. The lowest BCUT2D eigenvalue weighted by atomic mass is 9.99. The van der Waals surface area contributed by atoms with Crippen molar-refractivity contribution in [1.29, 1.82) is 0 Å². The third kappa shape index (κ3) is 3.77. The Morgan fingerprint density at radius 2 is 1.96 bits per heavy atom. The van der Waals surface area contributed by atoms with Gasteiger partial charge in [0.05, 0.1) is 6.04 Å². The number of hydrogen-bond acceptors (Lipinski definition) is 2. The summed E-state index contributed by atoms with van der Waals surface area (Å²) < 4.78 is 0. The quantitative estimate of drug-likeness (QED) is 0.899. The minimum Gasteiger partial charge on any atom is -0.352 e. The number of benzene rings is 2. The van der Waals surface area contributed by atoms with Crippen molar-refractivity contribution in [2.75, 3.05) is 6.54 Å². The molecule has 0 aromatic heterocycles. The fourth-order valence-electron chi connectivity index (χ4n) is 3.81. The number of hydrogen-bond donors (Lipinski definition) is 1. The molecule has 130 valence electrons. The number of amides is 1. The minimum absolute atomic E-state index is 0.0442. The van der Waals surface area contributed by atoms with Crippen molar-refractivity contribution < 1.29 is 4.79 Å². The van der Waals surface area contributed by atoms with E-state index in [1.807, 2.05) is 0 Å². The van der Waals surface area contributed by atoms with Crippen LogP contribution in [-0.2, 0) is 11.3 Å². The molecule has 1 atom stereocenters. The number of aryl methyl sites for hydroxylation is 1. The van der Waals surface area contributed by atoms with E-state index in [1.54, 1.807) is 0 Å². The van der Waals surface area contributed by atoms with Crippen molar-refractivity contribution in [3.8, 4) is 11.1 Å². The summed E-state index contributed by atoms with van der Waals surface area (Å²) in [6.45, 7) is 4.01. The van der Waals surface area contributed by atoms with Gasteiger partial charge in [-0.15, -0.1) is 0 Å². The zero-order valence-electron chi connectivity index (χ0n) is 14.9. The van der Waals surface area contributed by atoms with Gasteiger partial charge in [0.15, 0.2) is 0 Å². The molecule has 3 nitrogen and oxygen atoms in total. The molecule has 1 aliphatic carbocycles. The minimum atomic E-state index is 0.0442. The maximum atomic E-state index is 12.5. The van der Waals surface area contributed by atoms with Gasteiger partial charge in [0.25, 0.3) is 0 Å². The standard InChI is InChI=1S/C22H26N2O/c1-16-6-2-3-9-20(16)18-8-4-7-17(14-18)15-24-13-5-10-21(24)22(25)23-19-11-12-19/h2-4,6-9,14,19,21H,5,10-13,15H2,1H3,(H,23,25)/t21-/m1/s1. The van der Waals surface area contributed by atoms with Crippen LogP contribution in [0.5, 0.6) is 0 Å². The highest BCUT2D eigenvalue weighted by molar-refractivity contribution is 5.82. The second-order valence-corrected chi connectivity index (χ2v) is 7.43. The molecule has 25 heavy (non-hydrogen) atoms. The first-order chi connectivity index (χ1) is 12.2. The first-order valence-corrected chi connectivity index (χ1v) is 9.40. The Labute approximate surface area is 150 Å². The van der Waals surface area contributed by atoms with Crippen LogP contribution in [0.25, 0.3) is 11.1 Å². The molecule has 1 N–H and O–H groups in total. The lowest BCUT2D eigenvalue weighted by Crippen LogP contribution is -2.43. The summed E-state index contributed by atoms with van der Waals surface area (Å²) in [5, 5.41) is 3.18. The van der Waals surface area contributed by atoms with Crippen molar-refractivity contribution in [1.82, 2.24) is 10.2 Å². The summed E-state index contributed by atoms with van der Waals surface area (Å²) in [7, 11) is 0. The van der Waals surface area contributed by atoms with E-state index in [-0.39, 0.29) is 11.9 Å². The van der Waals surface area contributed by atoms with Gasteiger partial charge < -0.3 is 5.32 Å². The fourth-order valence-corrected chi connectivity index (χ4v) is 3.81. The van der Waals surface area contributed by atoms with Crippen LogP contribution >= 0.6 is 0 Å². The molecule has 1 saturated carbocycles. The molecular weight excluding hydrogens is 308 g/mol.